The predicted molar refractivity (Wildman–Crippen MR) is 79.1 cm³/mol. The minimum atomic E-state index is 0.125. The summed E-state index contributed by atoms with van der Waals surface area (Å²) in [6.07, 6.45) is 4.67. The molecule has 0 saturated carbocycles. The number of ether oxygens (including phenoxy) is 3. The zero-order valence-electron chi connectivity index (χ0n) is 12.7. The normalized spacial score (nSPS) is 12.3. The first kappa shape index (κ1) is 16.9. The third kappa shape index (κ3) is 6.32. The van der Waals surface area contributed by atoms with Crippen molar-refractivity contribution >= 4 is 0 Å². The molecular weight excluding hydrogens is 256 g/mol. The molecule has 0 bridgehead atoms. The summed E-state index contributed by atoms with van der Waals surface area (Å²) in [7, 11) is 1.67. The van der Waals surface area contributed by atoms with E-state index in [4.69, 9.17) is 14.2 Å². The van der Waals surface area contributed by atoms with Crippen LogP contribution in [0, 0.1) is 0 Å². The first-order chi connectivity index (χ1) is 9.81. The Balaban J connectivity index is 2.62. The van der Waals surface area contributed by atoms with E-state index >= 15 is 0 Å². The summed E-state index contributed by atoms with van der Waals surface area (Å²) in [5.74, 6) is 0.796. The number of nitrogens with one attached hydrogen (secondary N) is 1. The van der Waals surface area contributed by atoms with Crippen molar-refractivity contribution in [2.75, 3.05) is 40.1 Å². The van der Waals surface area contributed by atoms with Gasteiger partial charge in [0.2, 0.25) is 0 Å². The van der Waals surface area contributed by atoms with E-state index in [1.165, 1.54) is 0 Å². The van der Waals surface area contributed by atoms with E-state index in [1.54, 1.807) is 13.3 Å². The number of methoxy groups -OCH3 is 1. The number of hydrogen-bond acceptors (Lipinski definition) is 5. The van der Waals surface area contributed by atoms with Crippen LogP contribution in [-0.4, -0.2) is 45.1 Å². The van der Waals surface area contributed by atoms with E-state index < -0.39 is 0 Å². The van der Waals surface area contributed by atoms with Crippen LogP contribution >= 0.6 is 0 Å². The number of nitrogens with zero attached hydrogens (tertiary/aromatic N) is 1. The molecule has 1 heterocycles. The highest BCUT2D eigenvalue weighted by Crippen LogP contribution is 2.18. The van der Waals surface area contributed by atoms with E-state index in [2.05, 4.69) is 17.2 Å². The first-order valence-electron chi connectivity index (χ1n) is 7.19. The van der Waals surface area contributed by atoms with E-state index in [0.29, 0.717) is 26.4 Å². The van der Waals surface area contributed by atoms with Crippen LogP contribution < -0.4 is 10.1 Å². The highest BCUT2D eigenvalue weighted by atomic mass is 16.5. The number of hydrogen-bond donors (Lipinski definition) is 1. The van der Waals surface area contributed by atoms with E-state index in [0.717, 1.165) is 24.3 Å². The average Bonchev–Trinajstić information content (AvgIpc) is 2.47. The van der Waals surface area contributed by atoms with Gasteiger partial charge in [0.25, 0.3) is 0 Å². The van der Waals surface area contributed by atoms with Crippen molar-refractivity contribution in [3.8, 4) is 5.75 Å². The molecule has 20 heavy (non-hydrogen) atoms. The van der Waals surface area contributed by atoms with Crippen LogP contribution in [-0.2, 0) is 9.47 Å². The monoisotopic (exact) mass is 282 g/mol. The van der Waals surface area contributed by atoms with Gasteiger partial charge in [-0.3, -0.25) is 4.98 Å². The first-order valence-corrected chi connectivity index (χ1v) is 7.19. The zero-order chi connectivity index (χ0) is 14.6. The maximum atomic E-state index is 5.63. The lowest BCUT2D eigenvalue weighted by Gasteiger charge is -2.19. The third-order valence-electron chi connectivity index (χ3n) is 2.80. The van der Waals surface area contributed by atoms with Crippen molar-refractivity contribution in [1.82, 2.24) is 10.3 Å². The van der Waals surface area contributed by atoms with Gasteiger partial charge in [0.05, 0.1) is 38.7 Å². The molecule has 1 N–H and O–H groups in total. The number of rotatable bonds is 11. The second-order valence-corrected chi connectivity index (χ2v) is 4.46. The Hall–Kier alpha value is -1.17. The van der Waals surface area contributed by atoms with Crippen LogP contribution in [0.25, 0.3) is 0 Å². The molecule has 0 fully saturated rings. The fraction of sp³-hybridized carbons (Fsp3) is 0.667. The molecular formula is C15H26N2O3. The Morgan fingerprint density at radius 2 is 2.10 bits per heavy atom. The van der Waals surface area contributed by atoms with Crippen molar-refractivity contribution in [2.24, 2.45) is 0 Å². The van der Waals surface area contributed by atoms with Crippen molar-refractivity contribution in [3.05, 3.63) is 24.0 Å². The van der Waals surface area contributed by atoms with Gasteiger partial charge in [-0.05, 0) is 31.5 Å². The van der Waals surface area contributed by atoms with Crippen LogP contribution in [0.15, 0.2) is 18.5 Å². The van der Waals surface area contributed by atoms with Gasteiger partial charge < -0.3 is 19.5 Å². The minimum Gasteiger partial charge on any atom is -0.492 e. The third-order valence-corrected chi connectivity index (χ3v) is 2.80. The fourth-order valence-electron chi connectivity index (χ4n) is 1.81. The molecule has 0 spiro atoms. The summed E-state index contributed by atoms with van der Waals surface area (Å²) < 4.78 is 16.1. The summed E-state index contributed by atoms with van der Waals surface area (Å²) in [5.41, 5.74) is 1.09. The second kappa shape index (κ2) is 10.6. The molecule has 1 aromatic heterocycles. The number of aromatic nitrogens is 1. The molecule has 1 unspecified atom stereocenters. The van der Waals surface area contributed by atoms with Gasteiger partial charge in [-0.25, -0.2) is 0 Å². The maximum absolute atomic E-state index is 5.63. The zero-order valence-corrected chi connectivity index (χ0v) is 12.7. The molecule has 0 aromatic carbocycles. The summed E-state index contributed by atoms with van der Waals surface area (Å²) in [6.45, 7) is 7.50. The van der Waals surface area contributed by atoms with Gasteiger partial charge in [0, 0.05) is 13.3 Å². The fourth-order valence-corrected chi connectivity index (χ4v) is 1.81. The Morgan fingerprint density at radius 3 is 2.80 bits per heavy atom. The Morgan fingerprint density at radius 1 is 1.25 bits per heavy atom. The quantitative estimate of drug-likeness (QED) is 0.630. The van der Waals surface area contributed by atoms with Gasteiger partial charge >= 0.3 is 0 Å². The predicted octanol–water partition coefficient (Wildman–Crippen LogP) is 2.18. The minimum absolute atomic E-state index is 0.125. The van der Waals surface area contributed by atoms with Gasteiger partial charge in [0.15, 0.2) is 0 Å². The molecule has 0 aliphatic heterocycles. The van der Waals surface area contributed by atoms with E-state index in [1.807, 2.05) is 19.2 Å². The molecule has 0 radical (unpaired) electrons. The molecule has 0 saturated heterocycles. The lowest BCUT2D eigenvalue weighted by atomic mass is 10.1. The van der Waals surface area contributed by atoms with Crippen LogP contribution in [0.5, 0.6) is 5.75 Å². The van der Waals surface area contributed by atoms with Crippen LogP contribution in [0.3, 0.4) is 0 Å². The molecule has 1 atom stereocenters. The van der Waals surface area contributed by atoms with E-state index in [9.17, 15) is 0 Å². The molecule has 0 aliphatic rings. The SMILES string of the molecule is CCCNC(COCCOC)c1cncc(OCC)c1. The van der Waals surface area contributed by atoms with Gasteiger partial charge in [0.1, 0.15) is 5.75 Å². The Labute approximate surface area is 121 Å². The van der Waals surface area contributed by atoms with Crippen molar-refractivity contribution < 1.29 is 14.2 Å². The highest BCUT2D eigenvalue weighted by molar-refractivity contribution is 5.26. The van der Waals surface area contributed by atoms with Crippen LogP contribution in [0.1, 0.15) is 31.9 Å². The molecule has 1 rings (SSSR count). The van der Waals surface area contributed by atoms with Gasteiger partial charge in [-0.1, -0.05) is 6.92 Å². The Kier molecular flexibility index (Phi) is 8.95. The highest BCUT2D eigenvalue weighted by Gasteiger charge is 2.12. The Bertz CT molecular complexity index is 361. The lowest BCUT2D eigenvalue weighted by molar-refractivity contribution is 0.0585. The molecule has 5 heteroatoms. The van der Waals surface area contributed by atoms with Crippen molar-refractivity contribution in [2.45, 2.75) is 26.3 Å². The summed E-state index contributed by atoms with van der Waals surface area (Å²) in [6, 6.07) is 2.14. The number of pyridine rings is 1. The van der Waals surface area contributed by atoms with E-state index in [-0.39, 0.29) is 6.04 Å². The summed E-state index contributed by atoms with van der Waals surface area (Å²) in [4.78, 5) is 4.23. The summed E-state index contributed by atoms with van der Waals surface area (Å²) >= 11 is 0. The molecule has 1 aromatic rings. The van der Waals surface area contributed by atoms with Crippen molar-refractivity contribution in [3.63, 3.8) is 0 Å². The van der Waals surface area contributed by atoms with Gasteiger partial charge in [-0.15, -0.1) is 0 Å². The van der Waals surface area contributed by atoms with Crippen molar-refractivity contribution in [1.29, 1.82) is 0 Å². The second-order valence-electron chi connectivity index (χ2n) is 4.46. The standard InChI is InChI=1S/C15H26N2O3/c1-4-6-17-15(12-19-8-7-18-3)13-9-14(20-5-2)11-16-10-13/h9-11,15,17H,4-8,12H2,1-3H3. The van der Waals surface area contributed by atoms with Gasteiger partial charge in [-0.2, -0.15) is 0 Å². The molecule has 114 valence electrons. The van der Waals surface area contributed by atoms with Crippen LogP contribution in [0.4, 0.5) is 0 Å². The summed E-state index contributed by atoms with van der Waals surface area (Å²) in [5, 5.41) is 3.47. The average molecular weight is 282 g/mol. The molecule has 5 nitrogen and oxygen atoms in total. The lowest BCUT2D eigenvalue weighted by Crippen LogP contribution is -2.27. The van der Waals surface area contributed by atoms with Crippen LogP contribution in [0.2, 0.25) is 0 Å². The maximum Gasteiger partial charge on any atom is 0.137 e. The molecule has 0 aliphatic carbocycles. The smallest absolute Gasteiger partial charge is 0.137 e. The largest absolute Gasteiger partial charge is 0.492 e. The topological polar surface area (TPSA) is 52.6 Å². The molecule has 0 amide bonds.